The molecule has 1 heterocycles. The highest BCUT2D eigenvalue weighted by atomic mass is 16.5. The molecule has 7 nitrogen and oxygen atoms in total. The van der Waals surface area contributed by atoms with Crippen LogP contribution in [0.1, 0.15) is 48.8 Å². The molecule has 0 aliphatic carbocycles. The number of carbonyl (C=O) groups excluding carboxylic acids is 1. The number of nitrogens with one attached hydrogen (secondary N) is 2. The maximum Gasteiger partial charge on any atom is 0.269 e. The zero-order valence-electron chi connectivity index (χ0n) is 18.4. The first-order chi connectivity index (χ1) is 15.1. The molecule has 0 fully saturated rings. The Balaban J connectivity index is 1.72. The normalized spacial score (nSPS) is 11.6. The predicted octanol–water partition coefficient (Wildman–Crippen LogP) is 4.76. The van der Waals surface area contributed by atoms with Crippen molar-refractivity contribution in [1.82, 2.24) is 15.5 Å². The van der Waals surface area contributed by atoms with Crippen molar-refractivity contribution in [2.24, 2.45) is 0 Å². The van der Waals surface area contributed by atoms with Gasteiger partial charge in [-0.2, -0.15) is 5.10 Å². The van der Waals surface area contributed by atoms with Crippen molar-refractivity contribution in [3.8, 4) is 28.5 Å². The number of carbonyl (C=O) groups is 1. The second-order valence-electron chi connectivity index (χ2n) is 7.17. The number of rotatable bonds is 10. The Bertz CT molecular complexity index is 1020. The zero-order chi connectivity index (χ0) is 22.2. The van der Waals surface area contributed by atoms with Crippen LogP contribution in [-0.2, 0) is 0 Å². The van der Waals surface area contributed by atoms with Crippen molar-refractivity contribution in [3.63, 3.8) is 0 Å². The number of nitrogens with zero attached hydrogens (tertiary/aromatic N) is 1. The van der Waals surface area contributed by atoms with Gasteiger partial charge in [0.25, 0.3) is 5.91 Å². The summed E-state index contributed by atoms with van der Waals surface area (Å²) < 4.78 is 16.5. The van der Waals surface area contributed by atoms with Crippen LogP contribution < -0.4 is 19.5 Å². The van der Waals surface area contributed by atoms with Gasteiger partial charge in [0.2, 0.25) is 0 Å². The summed E-state index contributed by atoms with van der Waals surface area (Å²) in [5.74, 6) is 1.77. The van der Waals surface area contributed by atoms with E-state index in [2.05, 4.69) is 22.4 Å². The van der Waals surface area contributed by atoms with Gasteiger partial charge in [0.15, 0.2) is 11.5 Å². The molecule has 0 aliphatic rings. The van der Waals surface area contributed by atoms with Gasteiger partial charge in [-0.1, -0.05) is 31.5 Å². The number of para-hydroxylation sites is 1. The molecular weight excluding hydrogens is 394 g/mol. The van der Waals surface area contributed by atoms with Gasteiger partial charge in [-0.05, 0) is 49.2 Å². The molecule has 0 spiro atoms. The molecule has 1 amide bonds. The van der Waals surface area contributed by atoms with Crippen LogP contribution in [0.15, 0.2) is 48.5 Å². The van der Waals surface area contributed by atoms with Gasteiger partial charge in [-0.15, -0.1) is 0 Å². The van der Waals surface area contributed by atoms with Gasteiger partial charge in [-0.3, -0.25) is 9.89 Å². The predicted molar refractivity (Wildman–Crippen MR) is 120 cm³/mol. The lowest BCUT2D eigenvalue weighted by molar-refractivity contribution is 0.0934. The van der Waals surface area contributed by atoms with Crippen molar-refractivity contribution in [3.05, 3.63) is 59.8 Å². The van der Waals surface area contributed by atoms with E-state index in [4.69, 9.17) is 14.2 Å². The molecule has 2 N–H and O–H groups in total. The molecule has 0 bridgehead atoms. The summed E-state index contributed by atoms with van der Waals surface area (Å²) in [7, 11) is 3.17. The van der Waals surface area contributed by atoms with Gasteiger partial charge in [0, 0.05) is 5.56 Å². The fourth-order valence-corrected chi connectivity index (χ4v) is 3.19. The Morgan fingerprint density at radius 2 is 1.84 bits per heavy atom. The summed E-state index contributed by atoms with van der Waals surface area (Å²) in [6.07, 6.45) is 2.05. The summed E-state index contributed by atoms with van der Waals surface area (Å²) in [6, 6.07) is 14.8. The van der Waals surface area contributed by atoms with Crippen LogP contribution in [0.25, 0.3) is 11.3 Å². The molecule has 0 radical (unpaired) electrons. The van der Waals surface area contributed by atoms with Crippen molar-refractivity contribution >= 4 is 5.91 Å². The second-order valence-corrected chi connectivity index (χ2v) is 7.17. The van der Waals surface area contributed by atoms with Crippen LogP contribution >= 0.6 is 0 Å². The monoisotopic (exact) mass is 423 g/mol. The largest absolute Gasteiger partial charge is 0.493 e. The highest BCUT2D eigenvalue weighted by Gasteiger charge is 2.17. The van der Waals surface area contributed by atoms with E-state index in [0.717, 1.165) is 29.7 Å². The molecule has 3 rings (SSSR count). The zero-order valence-corrected chi connectivity index (χ0v) is 18.4. The number of H-pyrrole nitrogens is 1. The summed E-state index contributed by atoms with van der Waals surface area (Å²) in [6.45, 7) is 4.68. The summed E-state index contributed by atoms with van der Waals surface area (Å²) in [5.41, 5.74) is 2.80. The second kappa shape index (κ2) is 10.5. The lowest BCUT2D eigenvalue weighted by Gasteiger charge is -2.16. The number of hydrogen-bond donors (Lipinski definition) is 2. The highest BCUT2D eigenvalue weighted by molar-refractivity contribution is 5.93. The fraction of sp³-hybridized carbons (Fsp3) is 0.333. The number of hydrogen-bond acceptors (Lipinski definition) is 5. The minimum Gasteiger partial charge on any atom is -0.493 e. The maximum absolute atomic E-state index is 12.8. The number of unbranched alkanes of at least 4 members (excludes halogenated alkanes) is 1. The van der Waals surface area contributed by atoms with Crippen LogP contribution in [0.2, 0.25) is 0 Å². The first-order valence-corrected chi connectivity index (χ1v) is 10.4. The van der Waals surface area contributed by atoms with Crippen molar-refractivity contribution in [1.29, 1.82) is 0 Å². The molecule has 0 saturated heterocycles. The first-order valence-electron chi connectivity index (χ1n) is 10.4. The maximum atomic E-state index is 12.8. The number of aromatic nitrogens is 2. The first kappa shape index (κ1) is 22.2. The highest BCUT2D eigenvalue weighted by Crippen LogP contribution is 2.31. The Morgan fingerprint density at radius 3 is 2.58 bits per heavy atom. The molecule has 3 aromatic rings. The van der Waals surface area contributed by atoms with Gasteiger partial charge < -0.3 is 19.5 Å². The van der Waals surface area contributed by atoms with Gasteiger partial charge in [0.05, 0.1) is 32.6 Å². The molecule has 1 unspecified atom stereocenters. The van der Waals surface area contributed by atoms with E-state index >= 15 is 0 Å². The Hall–Kier alpha value is -3.48. The van der Waals surface area contributed by atoms with Crippen molar-refractivity contribution in [2.45, 2.75) is 32.7 Å². The minimum atomic E-state index is -0.245. The number of amides is 1. The number of aromatic amines is 1. The van der Waals surface area contributed by atoms with Crippen LogP contribution in [0.3, 0.4) is 0 Å². The lowest BCUT2D eigenvalue weighted by Crippen LogP contribution is -2.27. The van der Waals surface area contributed by atoms with E-state index < -0.39 is 0 Å². The van der Waals surface area contributed by atoms with E-state index in [0.29, 0.717) is 29.5 Å². The summed E-state index contributed by atoms with van der Waals surface area (Å²) in [5, 5.41) is 10.1. The van der Waals surface area contributed by atoms with Gasteiger partial charge in [0.1, 0.15) is 11.4 Å². The molecule has 1 aromatic heterocycles. The smallest absolute Gasteiger partial charge is 0.269 e. The van der Waals surface area contributed by atoms with E-state index in [-0.39, 0.29) is 11.9 Å². The molecule has 0 aliphatic heterocycles. The van der Waals surface area contributed by atoms with Crippen LogP contribution in [0.4, 0.5) is 0 Å². The molecule has 164 valence electrons. The van der Waals surface area contributed by atoms with Crippen LogP contribution in [0.5, 0.6) is 17.2 Å². The number of benzene rings is 2. The van der Waals surface area contributed by atoms with Gasteiger partial charge >= 0.3 is 0 Å². The van der Waals surface area contributed by atoms with Crippen LogP contribution in [0, 0.1) is 0 Å². The molecular formula is C24H29N3O4. The summed E-state index contributed by atoms with van der Waals surface area (Å²) in [4.78, 5) is 12.8. The molecule has 2 aromatic carbocycles. The van der Waals surface area contributed by atoms with E-state index in [9.17, 15) is 4.79 Å². The lowest BCUT2D eigenvalue weighted by atomic mass is 10.1. The van der Waals surface area contributed by atoms with E-state index in [1.165, 1.54) is 0 Å². The Morgan fingerprint density at radius 1 is 1.06 bits per heavy atom. The van der Waals surface area contributed by atoms with Gasteiger partial charge in [-0.25, -0.2) is 0 Å². The standard InChI is InChI=1S/C24H29N3O4/c1-5-6-13-31-21-10-8-7-9-18(21)19-15-20(27-26-19)24(28)25-16(2)17-11-12-22(29-3)23(14-17)30-4/h7-12,14-16H,5-6,13H2,1-4H3,(H,25,28)(H,26,27). The third-order valence-electron chi connectivity index (χ3n) is 5.00. The topological polar surface area (TPSA) is 85.5 Å². The fourth-order valence-electron chi connectivity index (χ4n) is 3.19. The molecule has 7 heteroatoms. The average Bonchev–Trinajstić information content (AvgIpc) is 3.29. The Labute approximate surface area is 182 Å². The Kier molecular flexibility index (Phi) is 7.54. The molecule has 31 heavy (non-hydrogen) atoms. The molecule has 0 saturated carbocycles. The SMILES string of the molecule is CCCCOc1ccccc1-c1cc(C(=O)NC(C)c2ccc(OC)c(OC)c2)[nH]n1. The van der Waals surface area contributed by atoms with E-state index in [1.807, 2.05) is 49.4 Å². The van der Waals surface area contributed by atoms with E-state index in [1.54, 1.807) is 20.3 Å². The number of ether oxygens (including phenoxy) is 3. The summed E-state index contributed by atoms with van der Waals surface area (Å²) >= 11 is 0. The molecule has 1 atom stereocenters. The average molecular weight is 424 g/mol. The third-order valence-corrected chi connectivity index (χ3v) is 5.00. The third kappa shape index (κ3) is 5.36. The number of methoxy groups -OCH3 is 2. The van der Waals surface area contributed by atoms with Crippen molar-refractivity contribution in [2.75, 3.05) is 20.8 Å². The minimum absolute atomic E-state index is 0.233. The van der Waals surface area contributed by atoms with Crippen molar-refractivity contribution < 1.29 is 19.0 Å². The van der Waals surface area contributed by atoms with Crippen LogP contribution in [-0.4, -0.2) is 36.9 Å². The quantitative estimate of drug-likeness (QED) is 0.459.